The minimum absolute atomic E-state index is 0.0224. The molecule has 0 amide bonds. The predicted molar refractivity (Wildman–Crippen MR) is 91.0 cm³/mol. The molecule has 0 radical (unpaired) electrons. The van der Waals surface area contributed by atoms with E-state index in [1.165, 1.54) is 0 Å². The molecule has 24 heavy (non-hydrogen) atoms. The Hall–Kier alpha value is -2.36. The van der Waals surface area contributed by atoms with E-state index >= 15 is 0 Å². The lowest BCUT2D eigenvalue weighted by atomic mass is 10.0. The zero-order chi connectivity index (χ0) is 17.3. The Bertz CT molecular complexity index is 861. The minimum Gasteiger partial charge on any atom is -0.248 e. The summed E-state index contributed by atoms with van der Waals surface area (Å²) in [5.74, 6) is 0. The summed E-state index contributed by atoms with van der Waals surface area (Å²) in [4.78, 5) is 4.65. The van der Waals surface area contributed by atoms with E-state index < -0.39 is 12.6 Å². The second kappa shape index (κ2) is 6.27. The number of rotatable bonds is 3. The number of halogens is 3. The van der Waals surface area contributed by atoms with Gasteiger partial charge in [0.1, 0.15) is 0 Å². The SMILES string of the molecule is Cc1cc(C)cc(-c2ccc3c(CCC(F)(F)F)cccc3n2)c1. The van der Waals surface area contributed by atoms with Crippen LogP contribution in [-0.4, -0.2) is 11.2 Å². The Kier molecular flexibility index (Phi) is 4.31. The van der Waals surface area contributed by atoms with Crippen molar-refractivity contribution in [3.8, 4) is 11.3 Å². The highest BCUT2D eigenvalue weighted by molar-refractivity contribution is 5.84. The molecule has 1 aromatic heterocycles. The molecule has 124 valence electrons. The van der Waals surface area contributed by atoms with Gasteiger partial charge in [0.05, 0.1) is 11.2 Å². The fourth-order valence-corrected chi connectivity index (χ4v) is 3.00. The van der Waals surface area contributed by atoms with Crippen LogP contribution in [0, 0.1) is 13.8 Å². The summed E-state index contributed by atoms with van der Waals surface area (Å²) in [5, 5.41) is 0.787. The smallest absolute Gasteiger partial charge is 0.248 e. The van der Waals surface area contributed by atoms with Crippen molar-refractivity contribution >= 4 is 10.9 Å². The van der Waals surface area contributed by atoms with Gasteiger partial charge < -0.3 is 0 Å². The van der Waals surface area contributed by atoms with Gasteiger partial charge in [-0.1, -0.05) is 35.4 Å². The average Bonchev–Trinajstić information content (AvgIpc) is 2.50. The first kappa shape index (κ1) is 16.5. The number of alkyl halides is 3. The summed E-state index contributed by atoms with van der Waals surface area (Å²) < 4.78 is 37.5. The molecule has 0 fully saturated rings. The quantitative estimate of drug-likeness (QED) is 0.573. The molecule has 0 saturated carbocycles. The van der Waals surface area contributed by atoms with Crippen LogP contribution in [0.1, 0.15) is 23.1 Å². The Balaban J connectivity index is 2.00. The van der Waals surface area contributed by atoms with Crippen LogP contribution in [0.5, 0.6) is 0 Å². The van der Waals surface area contributed by atoms with Gasteiger partial charge in [0.15, 0.2) is 0 Å². The first-order valence-corrected chi connectivity index (χ1v) is 7.86. The van der Waals surface area contributed by atoms with Crippen LogP contribution < -0.4 is 0 Å². The predicted octanol–water partition coefficient (Wildman–Crippen LogP) is 6.01. The van der Waals surface area contributed by atoms with Gasteiger partial charge in [0.2, 0.25) is 0 Å². The van der Waals surface area contributed by atoms with Gasteiger partial charge in [0, 0.05) is 17.4 Å². The monoisotopic (exact) mass is 329 g/mol. The van der Waals surface area contributed by atoms with Crippen LogP contribution in [0.2, 0.25) is 0 Å². The summed E-state index contributed by atoms with van der Waals surface area (Å²) in [6.07, 6.45) is -4.98. The Morgan fingerprint density at radius 2 is 1.62 bits per heavy atom. The Labute approximate surface area is 139 Å². The fraction of sp³-hybridized carbons (Fsp3) is 0.250. The summed E-state index contributed by atoms with van der Waals surface area (Å²) in [7, 11) is 0. The number of hydrogen-bond donors (Lipinski definition) is 0. The third-order valence-electron chi connectivity index (χ3n) is 4.02. The third kappa shape index (κ3) is 3.75. The van der Waals surface area contributed by atoms with Crippen LogP contribution in [0.25, 0.3) is 22.2 Å². The van der Waals surface area contributed by atoms with E-state index in [-0.39, 0.29) is 6.42 Å². The summed E-state index contributed by atoms with van der Waals surface area (Å²) >= 11 is 0. The molecular formula is C20H18F3N. The highest BCUT2D eigenvalue weighted by Gasteiger charge is 2.26. The van der Waals surface area contributed by atoms with Crippen LogP contribution >= 0.6 is 0 Å². The average molecular weight is 329 g/mol. The molecule has 0 aliphatic heterocycles. The number of nitrogens with zero attached hydrogens (tertiary/aromatic N) is 1. The number of hydrogen-bond acceptors (Lipinski definition) is 1. The first-order valence-electron chi connectivity index (χ1n) is 7.86. The lowest BCUT2D eigenvalue weighted by molar-refractivity contribution is -0.133. The molecule has 0 bridgehead atoms. The minimum atomic E-state index is -4.14. The van der Waals surface area contributed by atoms with Gasteiger partial charge >= 0.3 is 6.18 Å². The number of aromatic nitrogens is 1. The summed E-state index contributed by atoms with van der Waals surface area (Å²) in [6.45, 7) is 4.07. The molecule has 0 unspecified atom stereocenters. The largest absolute Gasteiger partial charge is 0.389 e. The van der Waals surface area contributed by atoms with E-state index in [1.807, 2.05) is 32.0 Å². The number of fused-ring (bicyclic) bond motifs is 1. The van der Waals surface area contributed by atoms with E-state index in [1.54, 1.807) is 12.1 Å². The maximum Gasteiger partial charge on any atom is 0.389 e. The van der Waals surface area contributed by atoms with Gasteiger partial charge in [-0.2, -0.15) is 13.2 Å². The fourth-order valence-electron chi connectivity index (χ4n) is 3.00. The van der Waals surface area contributed by atoms with Crippen LogP contribution in [0.3, 0.4) is 0 Å². The molecule has 1 heterocycles. The maximum atomic E-state index is 12.5. The molecule has 4 heteroatoms. The van der Waals surface area contributed by atoms with Gasteiger partial charge in [-0.15, -0.1) is 0 Å². The highest BCUT2D eigenvalue weighted by Crippen LogP contribution is 2.28. The molecule has 2 aromatic carbocycles. The first-order chi connectivity index (χ1) is 11.3. The Morgan fingerprint density at radius 3 is 2.29 bits per heavy atom. The highest BCUT2D eigenvalue weighted by atomic mass is 19.4. The second-order valence-electron chi connectivity index (χ2n) is 6.17. The molecule has 0 aliphatic carbocycles. The molecule has 0 spiro atoms. The number of benzene rings is 2. The van der Waals surface area contributed by atoms with Crippen molar-refractivity contribution in [1.29, 1.82) is 0 Å². The normalized spacial score (nSPS) is 11.9. The van der Waals surface area contributed by atoms with Crippen LogP contribution in [0.4, 0.5) is 13.2 Å². The lowest BCUT2D eigenvalue weighted by Gasteiger charge is -2.10. The molecule has 0 atom stereocenters. The molecule has 3 rings (SSSR count). The third-order valence-corrected chi connectivity index (χ3v) is 4.02. The number of aryl methyl sites for hydroxylation is 3. The van der Waals surface area contributed by atoms with Crippen molar-refractivity contribution in [3.05, 3.63) is 65.2 Å². The maximum absolute atomic E-state index is 12.5. The van der Waals surface area contributed by atoms with E-state index in [9.17, 15) is 13.2 Å². The van der Waals surface area contributed by atoms with Gasteiger partial charge in [-0.05, 0) is 50.1 Å². The topological polar surface area (TPSA) is 12.9 Å². The second-order valence-corrected chi connectivity index (χ2v) is 6.17. The van der Waals surface area contributed by atoms with E-state index in [0.29, 0.717) is 5.56 Å². The molecule has 0 aliphatic rings. The molecular weight excluding hydrogens is 311 g/mol. The van der Waals surface area contributed by atoms with Crippen molar-refractivity contribution in [3.63, 3.8) is 0 Å². The van der Waals surface area contributed by atoms with Gasteiger partial charge in [-0.3, -0.25) is 0 Å². The lowest BCUT2D eigenvalue weighted by Crippen LogP contribution is -2.08. The molecule has 0 N–H and O–H groups in total. The molecule has 1 nitrogen and oxygen atoms in total. The van der Waals surface area contributed by atoms with E-state index in [0.717, 1.165) is 33.3 Å². The zero-order valence-electron chi connectivity index (χ0n) is 13.6. The van der Waals surface area contributed by atoms with Crippen molar-refractivity contribution in [2.75, 3.05) is 0 Å². The van der Waals surface area contributed by atoms with E-state index in [4.69, 9.17) is 0 Å². The Morgan fingerprint density at radius 1 is 0.917 bits per heavy atom. The van der Waals surface area contributed by atoms with Crippen LogP contribution in [-0.2, 0) is 6.42 Å². The van der Waals surface area contributed by atoms with Crippen molar-refractivity contribution < 1.29 is 13.2 Å². The molecule has 0 saturated heterocycles. The van der Waals surface area contributed by atoms with Gasteiger partial charge in [-0.25, -0.2) is 4.98 Å². The van der Waals surface area contributed by atoms with Crippen molar-refractivity contribution in [2.24, 2.45) is 0 Å². The van der Waals surface area contributed by atoms with Gasteiger partial charge in [0.25, 0.3) is 0 Å². The van der Waals surface area contributed by atoms with Crippen molar-refractivity contribution in [1.82, 2.24) is 4.98 Å². The van der Waals surface area contributed by atoms with Crippen molar-refractivity contribution in [2.45, 2.75) is 32.9 Å². The number of pyridine rings is 1. The molecule has 3 aromatic rings. The summed E-state index contributed by atoms with van der Waals surface area (Å²) in [6, 6.07) is 15.3. The standard InChI is InChI=1S/C20H18F3N/c1-13-10-14(2)12-16(11-13)18-7-6-17-15(8-9-20(21,22)23)4-3-5-19(17)24-18/h3-7,10-12H,8-9H2,1-2H3. The summed E-state index contributed by atoms with van der Waals surface area (Å²) in [5.41, 5.74) is 5.59. The zero-order valence-corrected chi connectivity index (χ0v) is 13.6. The van der Waals surface area contributed by atoms with E-state index in [2.05, 4.69) is 23.2 Å². The van der Waals surface area contributed by atoms with Crippen LogP contribution in [0.15, 0.2) is 48.5 Å².